The van der Waals surface area contributed by atoms with Crippen molar-refractivity contribution in [1.29, 1.82) is 0 Å². The zero-order valence-corrected chi connectivity index (χ0v) is 17.7. The molecule has 0 saturated carbocycles. The lowest BCUT2D eigenvalue weighted by Gasteiger charge is -2.17. The first-order valence-electron chi connectivity index (χ1n) is 10.2. The van der Waals surface area contributed by atoms with Gasteiger partial charge in [-0.3, -0.25) is 14.0 Å². The number of nitrogens with one attached hydrogen (secondary N) is 2. The largest absolute Gasteiger partial charge is 0.396 e. The van der Waals surface area contributed by atoms with Gasteiger partial charge in [0.1, 0.15) is 11.5 Å². The molecular weight excluding hydrogens is 411 g/mol. The van der Waals surface area contributed by atoms with E-state index in [4.69, 9.17) is 0 Å². The van der Waals surface area contributed by atoms with Gasteiger partial charge in [0, 0.05) is 19.0 Å². The van der Waals surface area contributed by atoms with Crippen molar-refractivity contribution in [1.82, 2.24) is 19.7 Å². The van der Waals surface area contributed by atoms with Crippen molar-refractivity contribution in [3.05, 3.63) is 93.4 Å². The smallest absolute Gasteiger partial charge is 0.292 e. The average Bonchev–Trinajstić information content (AvgIpc) is 3.21. The highest BCUT2D eigenvalue weighted by molar-refractivity contribution is 5.93. The molecule has 0 saturated heterocycles. The monoisotopic (exact) mass is 434 g/mol. The van der Waals surface area contributed by atoms with Gasteiger partial charge in [-0.1, -0.05) is 24.3 Å². The number of imidazole rings is 1. The molecule has 3 N–H and O–H groups in total. The molecule has 0 aliphatic heterocycles. The molecule has 2 aromatic heterocycles. The summed E-state index contributed by atoms with van der Waals surface area (Å²) in [7, 11) is 0. The zero-order valence-electron chi connectivity index (χ0n) is 17.7. The van der Waals surface area contributed by atoms with Gasteiger partial charge in [-0.05, 0) is 60.7 Å². The summed E-state index contributed by atoms with van der Waals surface area (Å²) < 4.78 is 14.8. The van der Waals surface area contributed by atoms with E-state index in [1.54, 1.807) is 18.3 Å². The summed E-state index contributed by atoms with van der Waals surface area (Å²) in [4.78, 5) is 32.4. The summed E-state index contributed by atoms with van der Waals surface area (Å²) in [5, 5.41) is 12.2. The first-order chi connectivity index (χ1) is 15.4. The predicted molar refractivity (Wildman–Crippen MR) is 119 cm³/mol. The molecule has 2 heterocycles. The summed E-state index contributed by atoms with van der Waals surface area (Å²) in [6, 6.07) is 11.1. The number of aliphatic hydroxyl groups is 1. The number of aromatic nitrogens is 3. The van der Waals surface area contributed by atoms with Gasteiger partial charge in [-0.15, -0.1) is 0 Å². The summed E-state index contributed by atoms with van der Waals surface area (Å²) in [6.07, 6.45) is 3.46. The number of carbonyl (C=O) groups excluding carboxylic acids is 1. The van der Waals surface area contributed by atoms with E-state index in [2.05, 4.69) is 15.3 Å². The van der Waals surface area contributed by atoms with Gasteiger partial charge in [0.15, 0.2) is 0 Å². The molecule has 164 valence electrons. The van der Waals surface area contributed by atoms with Gasteiger partial charge < -0.3 is 15.4 Å². The molecule has 0 bridgehead atoms. The van der Waals surface area contributed by atoms with Crippen molar-refractivity contribution in [3.8, 4) is 11.3 Å². The van der Waals surface area contributed by atoms with Crippen molar-refractivity contribution in [2.75, 3.05) is 6.61 Å². The van der Waals surface area contributed by atoms with Crippen LogP contribution in [0.25, 0.3) is 16.9 Å². The highest BCUT2D eigenvalue weighted by Gasteiger charge is 2.19. The maximum Gasteiger partial charge on any atom is 0.292 e. The first kappa shape index (κ1) is 21.5. The van der Waals surface area contributed by atoms with Crippen LogP contribution >= 0.6 is 0 Å². The molecule has 0 aliphatic rings. The molecule has 8 heteroatoms. The van der Waals surface area contributed by atoms with Crippen LogP contribution in [-0.2, 0) is 0 Å². The molecule has 2 aromatic carbocycles. The van der Waals surface area contributed by atoms with E-state index in [-0.39, 0.29) is 30.2 Å². The third-order valence-corrected chi connectivity index (χ3v) is 5.50. The van der Waals surface area contributed by atoms with Crippen LogP contribution < -0.4 is 10.9 Å². The number of hydrogen-bond acceptors (Lipinski definition) is 4. The number of nitrogens with zero attached hydrogens (tertiary/aromatic N) is 2. The van der Waals surface area contributed by atoms with Crippen LogP contribution in [-0.4, -0.2) is 32.0 Å². The highest BCUT2D eigenvalue weighted by Crippen LogP contribution is 2.21. The molecule has 1 amide bonds. The van der Waals surface area contributed by atoms with Gasteiger partial charge >= 0.3 is 0 Å². The van der Waals surface area contributed by atoms with Gasteiger partial charge in [0.2, 0.25) is 5.65 Å². The Bertz CT molecular complexity index is 1340. The number of H-pyrrole nitrogens is 1. The highest BCUT2D eigenvalue weighted by atomic mass is 19.1. The number of aryl methyl sites for hydroxylation is 2. The van der Waals surface area contributed by atoms with E-state index in [1.807, 2.05) is 32.0 Å². The van der Waals surface area contributed by atoms with Crippen LogP contribution in [0.15, 0.2) is 59.7 Å². The van der Waals surface area contributed by atoms with Crippen molar-refractivity contribution in [2.45, 2.75) is 26.3 Å². The van der Waals surface area contributed by atoms with Gasteiger partial charge in [-0.25, -0.2) is 9.37 Å². The minimum atomic E-state index is -0.526. The van der Waals surface area contributed by atoms with Crippen LogP contribution in [0.1, 0.15) is 39.6 Å². The Morgan fingerprint density at radius 3 is 2.59 bits per heavy atom. The summed E-state index contributed by atoms with van der Waals surface area (Å²) in [5.74, 6) is -0.884. The van der Waals surface area contributed by atoms with Gasteiger partial charge in [-0.2, -0.15) is 0 Å². The fourth-order valence-electron chi connectivity index (χ4n) is 3.55. The second-order valence-electron chi connectivity index (χ2n) is 7.74. The number of aliphatic hydroxyl groups excluding tert-OH is 1. The first-order valence-corrected chi connectivity index (χ1v) is 10.2. The maximum absolute atomic E-state index is 13.2. The number of carbonyl (C=O) groups is 1. The predicted octanol–water partition coefficient (Wildman–Crippen LogP) is 3.30. The zero-order chi connectivity index (χ0) is 22.8. The molecule has 0 fully saturated rings. The number of halogens is 1. The van der Waals surface area contributed by atoms with E-state index in [1.165, 1.54) is 22.7 Å². The molecule has 0 unspecified atom stereocenters. The Hall–Kier alpha value is -3.78. The topological polar surface area (TPSA) is 99.5 Å². The van der Waals surface area contributed by atoms with Crippen LogP contribution in [0.2, 0.25) is 0 Å². The average molecular weight is 434 g/mol. The fraction of sp³-hybridized carbons (Fsp3) is 0.208. The van der Waals surface area contributed by atoms with Crippen LogP contribution in [0.5, 0.6) is 0 Å². The summed E-state index contributed by atoms with van der Waals surface area (Å²) >= 11 is 0. The van der Waals surface area contributed by atoms with E-state index < -0.39 is 17.5 Å². The van der Waals surface area contributed by atoms with E-state index in [9.17, 15) is 19.1 Å². The van der Waals surface area contributed by atoms with E-state index in [0.717, 1.165) is 16.7 Å². The van der Waals surface area contributed by atoms with Crippen LogP contribution in [0.3, 0.4) is 0 Å². The third kappa shape index (κ3) is 4.31. The number of aromatic amines is 1. The van der Waals surface area contributed by atoms with E-state index in [0.29, 0.717) is 11.3 Å². The quantitative estimate of drug-likeness (QED) is 0.434. The second-order valence-corrected chi connectivity index (χ2v) is 7.74. The molecule has 0 radical (unpaired) electrons. The van der Waals surface area contributed by atoms with Crippen molar-refractivity contribution >= 4 is 11.6 Å². The maximum atomic E-state index is 13.2. The number of fused-ring (bicyclic) bond motifs is 1. The van der Waals surface area contributed by atoms with Crippen molar-refractivity contribution < 1.29 is 14.3 Å². The molecule has 4 aromatic rings. The normalized spacial score (nSPS) is 12.1. The number of benzene rings is 2. The molecule has 7 nitrogen and oxygen atoms in total. The Kier molecular flexibility index (Phi) is 5.87. The minimum Gasteiger partial charge on any atom is -0.396 e. The number of amides is 1. The number of rotatable bonds is 6. The SMILES string of the molecule is Cc1ccc(-c2cn3cc(C(=O)N[C@H](CCO)c4ccc(F)cc4)nc3c(=O)[nH]2)cc1C. The molecular formula is C24H23FN4O3. The summed E-state index contributed by atoms with van der Waals surface area (Å²) in [5.41, 5.74) is 4.13. The Balaban J connectivity index is 1.64. The Labute approximate surface area is 183 Å². The lowest BCUT2D eigenvalue weighted by atomic mass is 10.0. The lowest BCUT2D eigenvalue weighted by molar-refractivity contribution is 0.0925. The molecule has 1 atom stereocenters. The Morgan fingerprint density at radius 2 is 1.91 bits per heavy atom. The van der Waals surface area contributed by atoms with Crippen molar-refractivity contribution in [3.63, 3.8) is 0 Å². The van der Waals surface area contributed by atoms with Gasteiger partial charge in [0.05, 0.1) is 11.7 Å². The fourth-order valence-corrected chi connectivity index (χ4v) is 3.55. The standard InChI is InChI=1S/C24H23FN4O3/c1-14-3-4-17(11-15(14)2)20-12-29-13-21(26-22(29)24(32)28-20)23(31)27-19(9-10-30)16-5-7-18(25)8-6-16/h3-8,11-13,19,30H,9-10H2,1-2H3,(H,27,31)(H,28,32)/t19-/m1/s1. The molecule has 0 spiro atoms. The second kappa shape index (κ2) is 8.76. The number of hydrogen-bond donors (Lipinski definition) is 3. The summed E-state index contributed by atoms with van der Waals surface area (Å²) in [6.45, 7) is 3.85. The van der Waals surface area contributed by atoms with Gasteiger partial charge in [0.25, 0.3) is 11.5 Å². The lowest BCUT2D eigenvalue weighted by Crippen LogP contribution is -2.29. The molecule has 0 aliphatic carbocycles. The third-order valence-electron chi connectivity index (χ3n) is 5.50. The Morgan fingerprint density at radius 1 is 1.16 bits per heavy atom. The molecule has 4 rings (SSSR count). The molecule has 32 heavy (non-hydrogen) atoms. The minimum absolute atomic E-state index is 0.0674. The van der Waals surface area contributed by atoms with Crippen LogP contribution in [0.4, 0.5) is 4.39 Å². The van der Waals surface area contributed by atoms with Crippen LogP contribution in [0, 0.1) is 19.7 Å². The van der Waals surface area contributed by atoms with E-state index >= 15 is 0 Å². The van der Waals surface area contributed by atoms with Crippen molar-refractivity contribution in [2.24, 2.45) is 0 Å².